The molecule has 6 nitrogen and oxygen atoms in total. The van der Waals surface area contributed by atoms with Crippen molar-refractivity contribution in [3.05, 3.63) is 52.6 Å². The lowest BCUT2D eigenvalue weighted by atomic mass is 10.0. The zero-order valence-corrected chi connectivity index (χ0v) is 20.4. The third-order valence-electron chi connectivity index (χ3n) is 5.56. The molecule has 184 valence electrons. The van der Waals surface area contributed by atoms with E-state index >= 15 is 4.39 Å². The maximum absolute atomic E-state index is 15.2. The molecule has 2 aromatic carbocycles. The van der Waals surface area contributed by atoms with Gasteiger partial charge in [0.1, 0.15) is 11.6 Å². The Balaban J connectivity index is 1.96. The summed E-state index contributed by atoms with van der Waals surface area (Å²) in [5, 5.41) is 14.7. The van der Waals surface area contributed by atoms with Gasteiger partial charge in [0.25, 0.3) is 0 Å². The van der Waals surface area contributed by atoms with E-state index in [1.54, 1.807) is 0 Å². The number of hydrogen-bond donors (Lipinski definition) is 3. The summed E-state index contributed by atoms with van der Waals surface area (Å²) in [4.78, 5) is 26.1. The van der Waals surface area contributed by atoms with Gasteiger partial charge < -0.3 is 20.6 Å². The summed E-state index contributed by atoms with van der Waals surface area (Å²) >= 11 is 5.77. The monoisotopic (exact) mass is 493 g/mol. The average Bonchev–Trinajstić information content (AvgIpc) is 3.51. The minimum absolute atomic E-state index is 0.0554. The smallest absolute Gasteiger partial charge is 0.323 e. The fraction of sp³-hybridized carbons (Fsp3) is 0.440. The minimum Gasteiger partial charge on any atom is -0.481 e. The minimum atomic E-state index is -0.972. The molecule has 0 heterocycles. The van der Waals surface area contributed by atoms with Gasteiger partial charge in [-0.05, 0) is 54.2 Å². The molecule has 0 radical (unpaired) electrons. The number of amides is 2. The molecular formula is C25H30ClF2N3O3. The van der Waals surface area contributed by atoms with Crippen LogP contribution in [0, 0.1) is 29.4 Å². The molecule has 0 aromatic heterocycles. The Kier molecular flexibility index (Phi) is 8.02. The first-order chi connectivity index (χ1) is 16.0. The number of urea groups is 1. The van der Waals surface area contributed by atoms with Crippen molar-refractivity contribution >= 4 is 40.7 Å². The second-order valence-corrected chi connectivity index (χ2v) is 10.0. The first-order valence-corrected chi connectivity index (χ1v) is 11.7. The van der Waals surface area contributed by atoms with Gasteiger partial charge in [0, 0.05) is 24.0 Å². The number of carboxylic acids is 1. The summed E-state index contributed by atoms with van der Waals surface area (Å²) in [5.41, 5.74) is 1.02. The van der Waals surface area contributed by atoms with Crippen LogP contribution in [0.3, 0.4) is 0 Å². The van der Waals surface area contributed by atoms with Gasteiger partial charge in [-0.3, -0.25) is 4.79 Å². The van der Waals surface area contributed by atoms with Crippen molar-refractivity contribution in [3.8, 4) is 0 Å². The number of benzene rings is 2. The Labute approximate surface area is 203 Å². The highest BCUT2D eigenvalue weighted by atomic mass is 35.5. The highest BCUT2D eigenvalue weighted by Gasteiger charge is 2.45. The van der Waals surface area contributed by atoms with Crippen molar-refractivity contribution in [1.82, 2.24) is 0 Å². The lowest BCUT2D eigenvalue weighted by Crippen LogP contribution is -2.33. The number of anilines is 3. The first kappa shape index (κ1) is 25.7. The fourth-order valence-corrected chi connectivity index (χ4v) is 4.22. The molecule has 3 rings (SSSR count). The molecule has 0 spiro atoms. The van der Waals surface area contributed by atoms with Crippen LogP contribution in [0.1, 0.15) is 45.6 Å². The molecular weight excluding hydrogens is 464 g/mol. The van der Waals surface area contributed by atoms with Gasteiger partial charge in [0.2, 0.25) is 0 Å². The molecule has 2 unspecified atom stereocenters. The Hall–Kier alpha value is -2.87. The number of carboxylic acid groups (broad SMARTS) is 1. The largest absolute Gasteiger partial charge is 0.481 e. The standard InChI is InChI=1S/C25H30ClF2N3O3/c1-13(2)11-31(12-14(3)4)23-10-19(27)17(16-8-18(16)24(32)33)9-22(23)30-25(34)29-21-6-5-15(26)7-20(21)28/h5-7,9-10,13-14,16,18H,8,11-12H2,1-4H3,(H,32,33)(H2,29,30,34). The molecule has 3 N–H and O–H groups in total. The Bertz CT molecular complexity index is 1070. The predicted molar refractivity (Wildman–Crippen MR) is 131 cm³/mol. The summed E-state index contributed by atoms with van der Waals surface area (Å²) in [6, 6.07) is 6.04. The molecule has 2 amide bonds. The number of aliphatic carboxylic acids is 1. The SMILES string of the molecule is CC(C)CN(CC(C)C)c1cc(F)c(C2CC2C(=O)O)cc1NC(=O)Nc1ccc(Cl)cc1F. The van der Waals surface area contributed by atoms with Gasteiger partial charge in [0.05, 0.1) is 23.0 Å². The molecule has 0 saturated heterocycles. The molecule has 2 atom stereocenters. The first-order valence-electron chi connectivity index (χ1n) is 11.3. The van der Waals surface area contributed by atoms with Crippen LogP contribution in [-0.2, 0) is 4.79 Å². The number of nitrogens with one attached hydrogen (secondary N) is 2. The van der Waals surface area contributed by atoms with Crippen LogP contribution >= 0.6 is 11.6 Å². The predicted octanol–water partition coefficient (Wildman–Crippen LogP) is 6.57. The molecule has 1 aliphatic rings. The van der Waals surface area contributed by atoms with Gasteiger partial charge in [0.15, 0.2) is 0 Å². The Morgan fingerprint density at radius 2 is 1.65 bits per heavy atom. The summed E-state index contributed by atoms with van der Waals surface area (Å²) in [5.74, 6) is -2.72. The molecule has 1 saturated carbocycles. The molecule has 9 heteroatoms. The highest BCUT2D eigenvalue weighted by molar-refractivity contribution is 6.30. The molecule has 34 heavy (non-hydrogen) atoms. The Morgan fingerprint density at radius 3 is 2.18 bits per heavy atom. The van der Waals surface area contributed by atoms with Crippen LogP contribution in [0.5, 0.6) is 0 Å². The van der Waals surface area contributed by atoms with Crippen molar-refractivity contribution in [2.75, 3.05) is 28.6 Å². The van der Waals surface area contributed by atoms with E-state index in [2.05, 4.69) is 10.6 Å². The molecule has 0 bridgehead atoms. The van der Waals surface area contributed by atoms with Gasteiger partial charge in [-0.15, -0.1) is 0 Å². The molecule has 0 aliphatic heterocycles. The van der Waals surface area contributed by atoms with E-state index in [1.807, 2.05) is 32.6 Å². The van der Waals surface area contributed by atoms with E-state index in [0.717, 1.165) is 6.07 Å². The summed E-state index contributed by atoms with van der Waals surface area (Å²) < 4.78 is 29.3. The summed E-state index contributed by atoms with van der Waals surface area (Å²) in [6.45, 7) is 9.43. The van der Waals surface area contributed by atoms with Gasteiger partial charge in [-0.25, -0.2) is 13.6 Å². The quantitative estimate of drug-likeness (QED) is 0.369. The van der Waals surface area contributed by atoms with Crippen LogP contribution in [0.4, 0.5) is 30.6 Å². The number of carbonyl (C=O) groups excluding carboxylic acids is 1. The van der Waals surface area contributed by atoms with Crippen LogP contribution < -0.4 is 15.5 Å². The number of rotatable bonds is 9. The van der Waals surface area contributed by atoms with Gasteiger partial charge in [-0.1, -0.05) is 39.3 Å². The number of hydrogen-bond acceptors (Lipinski definition) is 3. The second-order valence-electron chi connectivity index (χ2n) is 9.57. The second kappa shape index (κ2) is 10.6. The molecule has 1 aliphatic carbocycles. The van der Waals surface area contributed by atoms with Crippen LogP contribution in [0.25, 0.3) is 0 Å². The normalized spacial score (nSPS) is 17.1. The van der Waals surface area contributed by atoms with Gasteiger partial charge in [-0.2, -0.15) is 0 Å². The Morgan fingerprint density at radius 1 is 1.03 bits per heavy atom. The van der Waals surface area contributed by atoms with Crippen molar-refractivity contribution in [1.29, 1.82) is 0 Å². The summed E-state index contributed by atoms with van der Waals surface area (Å²) in [7, 11) is 0. The lowest BCUT2D eigenvalue weighted by molar-refractivity contribution is -0.138. The van der Waals surface area contributed by atoms with E-state index in [9.17, 15) is 19.1 Å². The van der Waals surface area contributed by atoms with E-state index in [-0.39, 0.29) is 28.1 Å². The van der Waals surface area contributed by atoms with E-state index in [1.165, 1.54) is 24.3 Å². The highest BCUT2D eigenvalue weighted by Crippen LogP contribution is 2.50. The maximum atomic E-state index is 15.2. The van der Waals surface area contributed by atoms with Crippen molar-refractivity contribution in [2.45, 2.75) is 40.0 Å². The zero-order chi connectivity index (χ0) is 25.2. The van der Waals surface area contributed by atoms with Crippen molar-refractivity contribution in [3.63, 3.8) is 0 Å². The third-order valence-corrected chi connectivity index (χ3v) is 5.80. The number of nitrogens with zero attached hydrogens (tertiary/aromatic N) is 1. The maximum Gasteiger partial charge on any atom is 0.323 e. The average molecular weight is 494 g/mol. The van der Waals surface area contributed by atoms with Crippen molar-refractivity contribution in [2.24, 2.45) is 17.8 Å². The van der Waals surface area contributed by atoms with Crippen molar-refractivity contribution < 1.29 is 23.5 Å². The summed E-state index contributed by atoms with van der Waals surface area (Å²) in [6.07, 6.45) is 0.342. The number of carbonyl (C=O) groups is 2. The lowest BCUT2D eigenvalue weighted by Gasteiger charge is -2.31. The third kappa shape index (κ3) is 6.38. The van der Waals surface area contributed by atoms with Gasteiger partial charge >= 0.3 is 12.0 Å². The van der Waals surface area contributed by atoms with Crippen LogP contribution in [-0.4, -0.2) is 30.2 Å². The zero-order valence-electron chi connectivity index (χ0n) is 19.7. The fourth-order valence-electron chi connectivity index (χ4n) is 4.06. The molecule has 2 aromatic rings. The van der Waals surface area contributed by atoms with E-state index < -0.39 is 35.5 Å². The van der Waals surface area contributed by atoms with E-state index in [4.69, 9.17) is 11.6 Å². The molecule has 1 fully saturated rings. The topological polar surface area (TPSA) is 81.7 Å². The van der Waals surface area contributed by atoms with E-state index in [0.29, 0.717) is 30.9 Å². The van der Waals surface area contributed by atoms with Crippen LogP contribution in [0.15, 0.2) is 30.3 Å². The number of halogens is 3. The van der Waals surface area contributed by atoms with Crippen LogP contribution in [0.2, 0.25) is 5.02 Å².